The lowest BCUT2D eigenvalue weighted by Crippen LogP contribution is -2.56. The van der Waals surface area contributed by atoms with E-state index in [9.17, 15) is 0 Å². The van der Waals surface area contributed by atoms with Crippen LogP contribution in [0.5, 0.6) is 0 Å². The van der Waals surface area contributed by atoms with Gasteiger partial charge in [0.2, 0.25) is 0 Å². The normalized spacial score (nSPS) is 30.9. The van der Waals surface area contributed by atoms with Gasteiger partial charge in [0.25, 0.3) is 10.0 Å². The Morgan fingerprint density at radius 2 is 1.35 bits per heavy atom. The highest BCUT2D eigenvalue weighted by Gasteiger charge is 2.41. The molecule has 0 amide bonds. The van der Waals surface area contributed by atoms with Crippen molar-refractivity contribution in [2.45, 2.75) is 45.8 Å². The van der Waals surface area contributed by atoms with Crippen LogP contribution >= 0.6 is 0 Å². The summed E-state index contributed by atoms with van der Waals surface area (Å²) >= 11 is 0. The molecule has 0 saturated carbocycles. The smallest absolute Gasteiger partial charge is 0.420 e. The molecule has 0 aromatic heterocycles. The van der Waals surface area contributed by atoms with Gasteiger partial charge in [-0.2, -0.15) is 0 Å². The molecule has 0 bridgehead atoms. The summed E-state index contributed by atoms with van der Waals surface area (Å²) in [5.41, 5.74) is 0. The van der Waals surface area contributed by atoms with E-state index in [1.54, 1.807) is 0 Å². The van der Waals surface area contributed by atoms with Crippen molar-refractivity contribution < 1.29 is 20.6 Å². The molecule has 1 heterocycles. The largest absolute Gasteiger partial charge is 0.455 e. The SMILES string of the molecule is C[Si](C)(C)O[SiH]1O[Si](C)(C)O[SiH2]O[Si](C)(C)O1. The van der Waals surface area contributed by atoms with Gasteiger partial charge in [-0.1, -0.05) is 0 Å². The first-order valence-corrected chi connectivity index (χ1v) is 17.4. The van der Waals surface area contributed by atoms with Gasteiger partial charge < -0.3 is 20.6 Å². The molecule has 1 aliphatic rings. The van der Waals surface area contributed by atoms with Gasteiger partial charge >= 0.3 is 26.6 Å². The minimum absolute atomic E-state index is 0.970. The molecule has 0 unspecified atom stereocenters. The molecule has 102 valence electrons. The van der Waals surface area contributed by atoms with Crippen LogP contribution in [-0.2, 0) is 20.6 Å². The molecule has 10 heteroatoms. The molecule has 0 aliphatic carbocycles. The van der Waals surface area contributed by atoms with Crippen molar-refractivity contribution in [1.29, 1.82) is 0 Å². The summed E-state index contributed by atoms with van der Waals surface area (Å²) in [5.74, 6) is 0. The third-order valence-electron chi connectivity index (χ3n) is 2.02. The highest BCUT2D eigenvalue weighted by Crippen LogP contribution is 2.20. The van der Waals surface area contributed by atoms with Gasteiger partial charge in [0.05, 0.1) is 0 Å². The molecule has 17 heavy (non-hydrogen) atoms. The predicted molar refractivity (Wildman–Crippen MR) is 79.4 cm³/mol. The molecule has 0 N–H and O–H groups in total. The van der Waals surface area contributed by atoms with Crippen molar-refractivity contribution in [1.82, 2.24) is 0 Å². The van der Waals surface area contributed by atoms with Crippen LogP contribution in [0, 0.1) is 0 Å². The van der Waals surface area contributed by atoms with Gasteiger partial charge in [-0.15, -0.1) is 0 Å². The van der Waals surface area contributed by atoms with E-state index in [1.165, 1.54) is 0 Å². The average molecular weight is 329 g/mol. The van der Waals surface area contributed by atoms with Crippen LogP contribution in [0.15, 0.2) is 0 Å². The summed E-state index contributed by atoms with van der Waals surface area (Å²) in [4.78, 5) is 0. The van der Waals surface area contributed by atoms with Crippen molar-refractivity contribution in [3.8, 4) is 0 Å². The van der Waals surface area contributed by atoms with E-state index in [-0.39, 0.29) is 0 Å². The summed E-state index contributed by atoms with van der Waals surface area (Å²) in [6, 6.07) is 0. The first kappa shape index (κ1) is 15.9. The van der Waals surface area contributed by atoms with E-state index in [1.807, 2.05) is 26.2 Å². The zero-order chi connectivity index (χ0) is 13.3. The maximum absolute atomic E-state index is 6.04. The second kappa shape index (κ2) is 5.48. The monoisotopic (exact) mass is 328 g/mol. The number of hydrogen-bond acceptors (Lipinski definition) is 5. The second-order valence-corrected chi connectivity index (χ2v) is 21.7. The van der Waals surface area contributed by atoms with E-state index < -0.39 is 45.0 Å². The standard InChI is InChI=1S/C7H24O5Si5/c1-15(2,3)10-14-11-16(4,5)8-13-9-17(6,7)12-14/h14H,13H2,1-7H3. The second-order valence-electron chi connectivity index (χ2n) is 5.96. The van der Waals surface area contributed by atoms with Gasteiger partial charge in [0.15, 0.2) is 8.32 Å². The first-order valence-electron chi connectivity index (χ1n) is 5.81. The van der Waals surface area contributed by atoms with E-state index >= 15 is 0 Å². The Bertz CT molecular complexity index is 248. The zero-order valence-corrected chi connectivity index (χ0v) is 17.4. The van der Waals surface area contributed by atoms with Crippen molar-refractivity contribution in [3.05, 3.63) is 0 Å². The van der Waals surface area contributed by atoms with Gasteiger partial charge in [-0.05, 0) is 45.8 Å². The molecule has 0 radical (unpaired) electrons. The van der Waals surface area contributed by atoms with Gasteiger partial charge in [0, 0.05) is 0 Å². The molecule has 0 atom stereocenters. The number of hydrogen-bond donors (Lipinski definition) is 0. The van der Waals surface area contributed by atoms with E-state index in [0.717, 1.165) is 0 Å². The Morgan fingerprint density at radius 3 is 1.71 bits per heavy atom. The first-order chi connectivity index (χ1) is 7.49. The Labute approximate surface area is 111 Å². The van der Waals surface area contributed by atoms with Crippen molar-refractivity contribution >= 4 is 45.0 Å². The zero-order valence-electron chi connectivity index (χ0n) is 11.8. The van der Waals surface area contributed by atoms with Crippen molar-refractivity contribution in [2.24, 2.45) is 0 Å². The summed E-state index contributed by atoms with van der Waals surface area (Å²) < 4.78 is 29.7. The van der Waals surface area contributed by atoms with Crippen molar-refractivity contribution in [2.75, 3.05) is 0 Å². The highest BCUT2D eigenvalue weighted by molar-refractivity contribution is 6.84. The van der Waals surface area contributed by atoms with E-state index in [2.05, 4.69) is 19.6 Å². The van der Waals surface area contributed by atoms with E-state index in [0.29, 0.717) is 0 Å². The predicted octanol–water partition coefficient (Wildman–Crippen LogP) is 1.04. The molecule has 0 spiro atoms. The van der Waals surface area contributed by atoms with Crippen LogP contribution in [0.1, 0.15) is 0 Å². The Balaban J connectivity index is 2.74. The Kier molecular flexibility index (Phi) is 5.14. The molecule has 0 aromatic carbocycles. The maximum Gasteiger partial charge on any atom is 0.455 e. The molecule has 1 saturated heterocycles. The van der Waals surface area contributed by atoms with Crippen LogP contribution in [0.4, 0.5) is 0 Å². The molecule has 5 nitrogen and oxygen atoms in total. The van der Waals surface area contributed by atoms with Gasteiger partial charge in [0.1, 0.15) is 0 Å². The van der Waals surface area contributed by atoms with Crippen LogP contribution in [0.3, 0.4) is 0 Å². The molecular weight excluding hydrogens is 305 g/mol. The molecule has 1 fully saturated rings. The third-order valence-corrected chi connectivity index (χ3v) is 18.2. The fourth-order valence-electron chi connectivity index (χ4n) is 1.21. The van der Waals surface area contributed by atoms with Crippen LogP contribution in [-0.4, -0.2) is 45.0 Å². The molecule has 0 aromatic rings. The fraction of sp³-hybridized carbons (Fsp3) is 1.00. The fourth-order valence-corrected chi connectivity index (χ4v) is 13.9. The van der Waals surface area contributed by atoms with Crippen molar-refractivity contribution in [3.63, 3.8) is 0 Å². The molecule has 1 aliphatic heterocycles. The third kappa shape index (κ3) is 6.56. The summed E-state index contributed by atoms with van der Waals surface area (Å²) in [6.45, 7) is 14.5. The topological polar surface area (TPSA) is 46.2 Å². The lowest BCUT2D eigenvalue weighted by Gasteiger charge is -2.38. The quantitative estimate of drug-likeness (QED) is 0.709. The summed E-state index contributed by atoms with van der Waals surface area (Å²) in [5, 5.41) is 0. The van der Waals surface area contributed by atoms with Gasteiger partial charge in [-0.25, -0.2) is 0 Å². The Morgan fingerprint density at radius 1 is 0.941 bits per heavy atom. The lowest BCUT2D eigenvalue weighted by molar-refractivity contribution is 0.221. The van der Waals surface area contributed by atoms with Gasteiger partial charge in [-0.3, -0.25) is 0 Å². The minimum Gasteiger partial charge on any atom is -0.420 e. The van der Waals surface area contributed by atoms with Crippen LogP contribution in [0.2, 0.25) is 45.8 Å². The average Bonchev–Trinajstić information content (AvgIpc) is 1.94. The highest BCUT2D eigenvalue weighted by atomic mass is 28.5. The lowest BCUT2D eigenvalue weighted by atomic mass is 11.8. The van der Waals surface area contributed by atoms with Crippen LogP contribution < -0.4 is 0 Å². The molecule has 1 rings (SSSR count). The summed E-state index contributed by atoms with van der Waals surface area (Å²) in [7, 11) is -8.95. The summed E-state index contributed by atoms with van der Waals surface area (Å²) in [6.07, 6.45) is 0. The number of rotatable bonds is 2. The Hall–Kier alpha value is 0.884. The van der Waals surface area contributed by atoms with Crippen LogP contribution in [0.25, 0.3) is 0 Å². The minimum atomic E-state index is -2.12. The molecular formula is C7H24O5Si5. The van der Waals surface area contributed by atoms with E-state index in [4.69, 9.17) is 20.6 Å². The maximum atomic E-state index is 6.04.